The third kappa shape index (κ3) is 1.70. The third-order valence-corrected chi connectivity index (χ3v) is 2.32. The molecule has 0 aliphatic heterocycles. The van der Waals surface area contributed by atoms with Gasteiger partial charge in [-0.1, -0.05) is 19.1 Å². The summed E-state index contributed by atoms with van der Waals surface area (Å²) < 4.78 is 5.45. The van der Waals surface area contributed by atoms with Crippen LogP contribution in [-0.4, -0.2) is 10.2 Å². The van der Waals surface area contributed by atoms with E-state index >= 15 is 0 Å². The highest BCUT2D eigenvalue weighted by Gasteiger charge is 2.11. The number of hydrogen-bond donors (Lipinski definition) is 1. The van der Waals surface area contributed by atoms with Gasteiger partial charge in [0.2, 0.25) is 11.8 Å². The minimum absolute atomic E-state index is 0.494. The third-order valence-electron chi connectivity index (χ3n) is 2.32. The zero-order chi connectivity index (χ0) is 10.8. The van der Waals surface area contributed by atoms with Gasteiger partial charge in [0, 0.05) is 12.1 Å². The van der Waals surface area contributed by atoms with Crippen molar-refractivity contribution in [1.29, 1.82) is 0 Å². The van der Waals surface area contributed by atoms with Crippen LogP contribution in [0.3, 0.4) is 0 Å². The predicted molar refractivity (Wildman–Crippen MR) is 58.3 cm³/mol. The molecule has 0 spiro atoms. The van der Waals surface area contributed by atoms with Crippen molar-refractivity contribution < 1.29 is 4.42 Å². The number of benzene rings is 1. The molecule has 78 valence electrons. The normalized spacial score (nSPS) is 10.5. The van der Waals surface area contributed by atoms with Crippen LogP contribution in [0.4, 0.5) is 5.69 Å². The second-order valence-corrected chi connectivity index (χ2v) is 3.39. The predicted octanol–water partition coefficient (Wildman–Crippen LogP) is 2.19. The van der Waals surface area contributed by atoms with Crippen molar-refractivity contribution in [3.8, 4) is 11.5 Å². The van der Waals surface area contributed by atoms with E-state index in [0.29, 0.717) is 17.5 Å². The first-order valence-corrected chi connectivity index (χ1v) is 4.90. The maximum absolute atomic E-state index is 5.94. The van der Waals surface area contributed by atoms with E-state index < -0.39 is 0 Å². The molecular weight excluding hydrogens is 190 g/mol. The van der Waals surface area contributed by atoms with E-state index in [0.717, 1.165) is 17.5 Å². The van der Waals surface area contributed by atoms with Crippen molar-refractivity contribution in [2.24, 2.45) is 0 Å². The van der Waals surface area contributed by atoms with Gasteiger partial charge in [0.15, 0.2) is 0 Å². The molecule has 0 atom stereocenters. The Morgan fingerprint density at radius 1 is 1.33 bits per heavy atom. The number of nitrogens with zero attached hydrogens (tertiary/aromatic N) is 2. The van der Waals surface area contributed by atoms with E-state index in [4.69, 9.17) is 10.2 Å². The summed E-state index contributed by atoms with van der Waals surface area (Å²) >= 11 is 0. The SMILES string of the molecule is CCc1nnc(-c2cccc(C)c2N)o1. The van der Waals surface area contributed by atoms with Gasteiger partial charge in [-0.25, -0.2) is 0 Å². The summed E-state index contributed by atoms with van der Waals surface area (Å²) in [5.74, 6) is 1.12. The average Bonchev–Trinajstić information content (AvgIpc) is 2.70. The number of rotatable bonds is 2. The molecule has 0 aliphatic carbocycles. The molecule has 4 nitrogen and oxygen atoms in total. The van der Waals surface area contributed by atoms with Gasteiger partial charge < -0.3 is 10.2 Å². The van der Waals surface area contributed by atoms with Crippen molar-refractivity contribution in [3.05, 3.63) is 29.7 Å². The largest absolute Gasteiger partial charge is 0.421 e. The minimum atomic E-state index is 0.494. The summed E-state index contributed by atoms with van der Waals surface area (Å²) in [5.41, 5.74) is 8.46. The molecule has 1 aromatic heterocycles. The van der Waals surface area contributed by atoms with Gasteiger partial charge in [-0.05, 0) is 18.6 Å². The Labute approximate surface area is 88.1 Å². The fourth-order valence-corrected chi connectivity index (χ4v) is 1.37. The van der Waals surface area contributed by atoms with E-state index in [1.54, 1.807) is 0 Å². The number of nitrogens with two attached hydrogens (primary N) is 1. The Balaban J connectivity index is 2.49. The second-order valence-electron chi connectivity index (χ2n) is 3.39. The zero-order valence-electron chi connectivity index (χ0n) is 8.82. The summed E-state index contributed by atoms with van der Waals surface area (Å²) in [7, 11) is 0. The highest BCUT2D eigenvalue weighted by Crippen LogP contribution is 2.26. The molecule has 0 aliphatic rings. The summed E-state index contributed by atoms with van der Waals surface area (Å²) in [6, 6.07) is 5.77. The van der Waals surface area contributed by atoms with Crippen molar-refractivity contribution in [2.75, 3.05) is 5.73 Å². The summed E-state index contributed by atoms with van der Waals surface area (Å²) in [5, 5.41) is 7.87. The van der Waals surface area contributed by atoms with Crippen LogP contribution < -0.4 is 5.73 Å². The number of nitrogen functional groups attached to an aromatic ring is 1. The lowest BCUT2D eigenvalue weighted by Crippen LogP contribution is -1.93. The van der Waals surface area contributed by atoms with E-state index in [-0.39, 0.29) is 0 Å². The molecule has 0 bridgehead atoms. The van der Waals surface area contributed by atoms with Gasteiger partial charge in [0.1, 0.15) is 0 Å². The number of hydrogen-bond acceptors (Lipinski definition) is 4. The molecule has 0 radical (unpaired) electrons. The Morgan fingerprint density at radius 3 is 2.80 bits per heavy atom. The van der Waals surface area contributed by atoms with Gasteiger partial charge in [0.25, 0.3) is 0 Å². The Bertz CT molecular complexity index is 476. The van der Waals surface area contributed by atoms with E-state index in [2.05, 4.69) is 10.2 Å². The molecule has 1 heterocycles. The quantitative estimate of drug-likeness (QED) is 0.760. The topological polar surface area (TPSA) is 64.9 Å². The van der Waals surface area contributed by atoms with Crippen LogP contribution in [0.15, 0.2) is 22.6 Å². The first-order chi connectivity index (χ1) is 7.22. The van der Waals surface area contributed by atoms with Crippen LogP contribution in [0, 0.1) is 6.92 Å². The number of anilines is 1. The minimum Gasteiger partial charge on any atom is -0.421 e. The fraction of sp³-hybridized carbons (Fsp3) is 0.273. The highest BCUT2D eigenvalue weighted by molar-refractivity contribution is 5.72. The molecule has 0 saturated carbocycles. The first-order valence-electron chi connectivity index (χ1n) is 4.90. The molecule has 0 amide bonds. The summed E-state index contributed by atoms with van der Waals surface area (Å²) in [6.07, 6.45) is 0.735. The molecule has 0 unspecified atom stereocenters. The Kier molecular flexibility index (Phi) is 2.41. The number of para-hydroxylation sites is 1. The highest BCUT2D eigenvalue weighted by atomic mass is 16.4. The van der Waals surface area contributed by atoms with Crippen LogP contribution in [0.5, 0.6) is 0 Å². The first kappa shape index (κ1) is 9.71. The summed E-state index contributed by atoms with van der Waals surface area (Å²) in [6.45, 7) is 3.92. The molecule has 4 heteroatoms. The molecule has 15 heavy (non-hydrogen) atoms. The fourth-order valence-electron chi connectivity index (χ4n) is 1.37. The van der Waals surface area contributed by atoms with E-state index in [1.807, 2.05) is 32.0 Å². The Morgan fingerprint density at radius 2 is 2.13 bits per heavy atom. The van der Waals surface area contributed by atoms with Crippen LogP contribution in [0.1, 0.15) is 18.4 Å². The number of aryl methyl sites for hydroxylation is 2. The molecule has 2 aromatic rings. The van der Waals surface area contributed by atoms with Crippen LogP contribution in [0.25, 0.3) is 11.5 Å². The maximum Gasteiger partial charge on any atom is 0.249 e. The van der Waals surface area contributed by atoms with Crippen LogP contribution in [0.2, 0.25) is 0 Å². The van der Waals surface area contributed by atoms with Gasteiger partial charge in [0.05, 0.1) is 5.56 Å². The van der Waals surface area contributed by atoms with Gasteiger partial charge in [-0.15, -0.1) is 10.2 Å². The van der Waals surface area contributed by atoms with Crippen molar-refractivity contribution in [1.82, 2.24) is 10.2 Å². The average molecular weight is 203 g/mol. The monoisotopic (exact) mass is 203 g/mol. The van der Waals surface area contributed by atoms with Crippen LogP contribution in [-0.2, 0) is 6.42 Å². The lowest BCUT2D eigenvalue weighted by atomic mass is 10.1. The van der Waals surface area contributed by atoms with Gasteiger partial charge in [-0.3, -0.25) is 0 Å². The van der Waals surface area contributed by atoms with Crippen molar-refractivity contribution in [3.63, 3.8) is 0 Å². The van der Waals surface area contributed by atoms with Gasteiger partial charge in [-0.2, -0.15) is 0 Å². The second kappa shape index (κ2) is 3.73. The van der Waals surface area contributed by atoms with Crippen LogP contribution >= 0.6 is 0 Å². The maximum atomic E-state index is 5.94. The zero-order valence-corrected chi connectivity index (χ0v) is 8.82. The molecular formula is C11H13N3O. The summed E-state index contributed by atoms with van der Waals surface area (Å²) in [4.78, 5) is 0. The molecule has 2 rings (SSSR count). The molecule has 0 saturated heterocycles. The van der Waals surface area contributed by atoms with Crippen molar-refractivity contribution >= 4 is 5.69 Å². The number of aromatic nitrogens is 2. The van der Waals surface area contributed by atoms with Gasteiger partial charge >= 0.3 is 0 Å². The molecule has 2 N–H and O–H groups in total. The lowest BCUT2D eigenvalue weighted by Gasteiger charge is -2.03. The Hall–Kier alpha value is -1.84. The molecule has 1 aromatic carbocycles. The van der Waals surface area contributed by atoms with E-state index in [9.17, 15) is 0 Å². The standard InChI is InChI=1S/C11H13N3O/c1-3-9-13-14-11(15-9)8-6-4-5-7(2)10(8)12/h4-6H,3,12H2,1-2H3. The van der Waals surface area contributed by atoms with E-state index in [1.165, 1.54) is 0 Å². The van der Waals surface area contributed by atoms with Crippen molar-refractivity contribution in [2.45, 2.75) is 20.3 Å². The smallest absolute Gasteiger partial charge is 0.249 e. The molecule has 0 fully saturated rings. The lowest BCUT2D eigenvalue weighted by molar-refractivity contribution is 0.513.